The predicted molar refractivity (Wildman–Crippen MR) is 125 cm³/mol. The molecule has 2 aromatic rings. The van der Waals surface area contributed by atoms with Crippen molar-refractivity contribution in [2.24, 2.45) is 0 Å². The highest BCUT2D eigenvalue weighted by atomic mass is 16.6. The van der Waals surface area contributed by atoms with Gasteiger partial charge in [-0.3, -0.25) is 9.59 Å². The Bertz CT molecular complexity index is 978. The van der Waals surface area contributed by atoms with Crippen molar-refractivity contribution in [1.29, 1.82) is 0 Å². The predicted octanol–water partition coefficient (Wildman–Crippen LogP) is 1.65. The fraction of sp³-hybridized carbons (Fsp3) is 0.542. The second kappa shape index (κ2) is 13.1. The van der Waals surface area contributed by atoms with Crippen LogP contribution in [0.15, 0.2) is 52.2 Å². The average Bonchev–Trinajstić information content (AvgIpc) is 2.76. The van der Waals surface area contributed by atoms with Crippen molar-refractivity contribution in [3.63, 3.8) is 0 Å². The molecule has 1 atom stereocenters. The topological polar surface area (TPSA) is 112 Å². The van der Waals surface area contributed by atoms with Gasteiger partial charge in [-0.1, -0.05) is 36.8 Å². The minimum Gasteiger partial charge on any atom is -0.459 e. The van der Waals surface area contributed by atoms with E-state index in [0.29, 0.717) is 19.7 Å². The highest BCUT2D eigenvalue weighted by Gasteiger charge is 2.23. The third kappa shape index (κ3) is 9.33. The smallest absolute Gasteiger partial charge is 0.332 e. The number of nitrogens with one attached hydrogen (secondary N) is 1. The number of benzene rings is 1. The van der Waals surface area contributed by atoms with Gasteiger partial charge in [-0.05, 0) is 45.7 Å². The van der Waals surface area contributed by atoms with E-state index in [2.05, 4.69) is 5.32 Å². The molecule has 9 heteroatoms. The third-order valence-corrected chi connectivity index (χ3v) is 4.81. The van der Waals surface area contributed by atoms with Crippen LogP contribution in [0.5, 0.6) is 0 Å². The molecule has 0 aliphatic heterocycles. The Morgan fingerprint density at radius 3 is 2.48 bits per heavy atom. The minimum absolute atomic E-state index is 0.107. The van der Waals surface area contributed by atoms with Crippen molar-refractivity contribution >= 4 is 5.97 Å². The summed E-state index contributed by atoms with van der Waals surface area (Å²) in [5.41, 5.74) is -0.446. The molecule has 0 unspecified atom stereocenters. The Morgan fingerprint density at radius 1 is 1.09 bits per heavy atom. The van der Waals surface area contributed by atoms with E-state index in [0.717, 1.165) is 29.4 Å². The SMILES string of the molecule is CC(C)(C)OC(=O)[C@H](CO)NCCCCCn1ccc(=O)n(COCc2ccccc2)c1=O. The molecule has 2 rings (SSSR count). The van der Waals surface area contributed by atoms with Gasteiger partial charge in [-0.15, -0.1) is 0 Å². The van der Waals surface area contributed by atoms with Gasteiger partial charge in [0.1, 0.15) is 18.4 Å². The van der Waals surface area contributed by atoms with Crippen molar-refractivity contribution in [2.75, 3.05) is 13.2 Å². The van der Waals surface area contributed by atoms with E-state index in [1.54, 1.807) is 20.8 Å². The maximum absolute atomic E-state index is 12.6. The summed E-state index contributed by atoms with van der Waals surface area (Å²) in [6.45, 7) is 6.20. The number of aliphatic hydroxyl groups is 1. The van der Waals surface area contributed by atoms with Crippen molar-refractivity contribution in [2.45, 2.75) is 71.6 Å². The summed E-state index contributed by atoms with van der Waals surface area (Å²) >= 11 is 0. The standard InChI is InChI=1S/C24H35N3O6/c1-24(2,3)33-22(30)20(16-28)25-13-8-5-9-14-26-15-12-21(29)27(23(26)31)18-32-17-19-10-6-4-7-11-19/h4,6-7,10-12,15,20,25,28H,5,8-9,13-14,16-18H2,1-3H3/t20-/m0/s1. The van der Waals surface area contributed by atoms with Crippen LogP contribution in [-0.2, 0) is 34.2 Å². The first-order valence-electron chi connectivity index (χ1n) is 11.2. The molecule has 0 aliphatic rings. The molecule has 9 nitrogen and oxygen atoms in total. The number of aliphatic hydroxyl groups excluding tert-OH is 1. The summed E-state index contributed by atoms with van der Waals surface area (Å²) < 4.78 is 13.4. The van der Waals surface area contributed by atoms with Gasteiger partial charge in [-0.25, -0.2) is 9.36 Å². The van der Waals surface area contributed by atoms with Gasteiger partial charge >= 0.3 is 11.7 Å². The number of hydrogen-bond acceptors (Lipinski definition) is 7. The number of esters is 1. The monoisotopic (exact) mass is 461 g/mol. The van der Waals surface area contributed by atoms with E-state index in [1.807, 2.05) is 30.3 Å². The molecule has 33 heavy (non-hydrogen) atoms. The van der Waals surface area contributed by atoms with Gasteiger partial charge in [0.05, 0.1) is 13.2 Å². The molecule has 0 bridgehead atoms. The van der Waals surface area contributed by atoms with Crippen molar-refractivity contribution in [3.05, 3.63) is 69.0 Å². The number of rotatable bonds is 13. The Labute approximate surface area is 194 Å². The van der Waals surface area contributed by atoms with Gasteiger partial charge < -0.3 is 24.5 Å². The van der Waals surface area contributed by atoms with Crippen molar-refractivity contribution in [1.82, 2.24) is 14.5 Å². The number of aryl methyl sites for hydroxylation is 1. The van der Waals surface area contributed by atoms with Gasteiger partial charge in [0, 0.05) is 18.8 Å². The maximum Gasteiger partial charge on any atom is 0.332 e. The number of ether oxygens (including phenoxy) is 2. The van der Waals surface area contributed by atoms with Crippen LogP contribution in [0.4, 0.5) is 0 Å². The molecular weight excluding hydrogens is 426 g/mol. The molecule has 0 aliphatic carbocycles. The number of unbranched alkanes of at least 4 members (excludes halogenated alkanes) is 2. The zero-order chi connectivity index (χ0) is 24.3. The lowest BCUT2D eigenvalue weighted by molar-refractivity contribution is -0.158. The Hall–Kier alpha value is -2.75. The van der Waals surface area contributed by atoms with E-state index >= 15 is 0 Å². The first-order valence-corrected chi connectivity index (χ1v) is 11.2. The quantitative estimate of drug-likeness (QED) is 0.345. The van der Waals surface area contributed by atoms with Gasteiger partial charge in [0.2, 0.25) is 0 Å². The molecule has 0 saturated carbocycles. The number of nitrogens with zero attached hydrogens (tertiary/aromatic N) is 2. The molecule has 2 N–H and O–H groups in total. The van der Waals surface area contributed by atoms with Crippen LogP contribution >= 0.6 is 0 Å². The molecule has 0 radical (unpaired) electrons. The lowest BCUT2D eigenvalue weighted by Crippen LogP contribution is -2.44. The fourth-order valence-corrected chi connectivity index (χ4v) is 3.13. The summed E-state index contributed by atoms with van der Waals surface area (Å²) in [6.07, 6.45) is 3.78. The van der Waals surface area contributed by atoms with Crippen LogP contribution in [-0.4, -0.2) is 45.0 Å². The zero-order valence-electron chi connectivity index (χ0n) is 19.7. The van der Waals surface area contributed by atoms with E-state index < -0.39 is 28.9 Å². The largest absolute Gasteiger partial charge is 0.459 e. The first-order chi connectivity index (χ1) is 15.7. The van der Waals surface area contributed by atoms with E-state index in [-0.39, 0.29) is 13.3 Å². The highest BCUT2D eigenvalue weighted by molar-refractivity contribution is 5.76. The number of carbonyl (C=O) groups excluding carboxylic acids is 1. The lowest BCUT2D eigenvalue weighted by Gasteiger charge is -2.23. The number of carbonyl (C=O) groups is 1. The number of aromatic nitrogens is 2. The van der Waals surface area contributed by atoms with E-state index in [4.69, 9.17) is 9.47 Å². The maximum atomic E-state index is 12.6. The Morgan fingerprint density at radius 2 is 1.82 bits per heavy atom. The summed E-state index contributed by atoms with van der Waals surface area (Å²) in [6, 6.07) is 10.1. The molecule has 0 amide bonds. The molecule has 0 spiro atoms. The molecule has 1 heterocycles. The van der Waals surface area contributed by atoms with Crippen LogP contribution in [0.3, 0.4) is 0 Å². The second-order valence-electron chi connectivity index (χ2n) is 8.80. The molecule has 1 aromatic carbocycles. The second-order valence-corrected chi connectivity index (χ2v) is 8.80. The van der Waals surface area contributed by atoms with Crippen molar-refractivity contribution in [3.8, 4) is 0 Å². The molecule has 1 aromatic heterocycles. The lowest BCUT2D eigenvalue weighted by atomic mass is 10.2. The number of hydrogen-bond donors (Lipinski definition) is 2. The fourth-order valence-electron chi connectivity index (χ4n) is 3.13. The van der Waals surface area contributed by atoms with Gasteiger partial charge in [0.25, 0.3) is 5.56 Å². The van der Waals surface area contributed by atoms with Crippen LogP contribution in [0.25, 0.3) is 0 Å². The third-order valence-electron chi connectivity index (χ3n) is 4.81. The zero-order valence-corrected chi connectivity index (χ0v) is 19.7. The molecule has 0 saturated heterocycles. The Kier molecular flexibility index (Phi) is 10.5. The summed E-state index contributed by atoms with van der Waals surface area (Å²) in [7, 11) is 0. The molecule has 0 fully saturated rings. The summed E-state index contributed by atoms with van der Waals surface area (Å²) in [5, 5.41) is 12.4. The van der Waals surface area contributed by atoms with Crippen LogP contribution in [0.1, 0.15) is 45.6 Å². The molecular formula is C24H35N3O6. The minimum atomic E-state index is -0.758. The van der Waals surface area contributed by atoms with Crippen molar-refractivity contribution < 1.29 is 19.4 Å². The van der Waals surface area contributed by atoms with Crippen LogP contribution < -0.4 is 16.6 Å². The summed E-state index contributed by atoms with van der Waals surface area (Å²) in [5.74, 6) is -0.478. The molecule has 182 valence electrons. The van der Waals surface area contributed by atoms with Gasteiger partial charge in [0.15, 0.2) is 0 Å². The summed E-state index contributed by atoms with van der Waals surface area (Å²) in [4.78, 5) is 36.7. The Balaban J connectivity index is 1.76. The van der Waals surface area contributed by atoms with E-state index in [9.17, 15) is 19.5 Å². The van der Waals surface area contributed by atoms with E-state index in [1.165, 1.54) is 16.8 Å². The highest BCUT2D eigenvalue weighted by Crippen LogP contribution is 2.08. The van der Waals surface area contributed by atoms with Gasteiger partial charge in [-0.2, -0.15) is 0 Å². The van der Waals surface area contributed by atoms with Crippen LogP contribution in [0.2, 0.25) is 0 Å². The normalized spacial score (nSPS) is 12.5. The average molecular weight is 462 g/mol. The first kappa shape index (κ1) is 26.5. The van der Waals surface area contributed by atoms with Crippen LogP contribution in [0, 0.1) is 0 Å².